The molecule has 0 bridgehead atoms. The van der Waals surface area contributed by atoms with E-state index in [-0.39, 0.29) is 5.91 Å². The average Bonchev–Trinajstić information content (AvgIpc) is 2.78. The van der Waals surface area contributed by atoms with Gasteiger partial charge in [-0.25, -0.2) is 0 Å². The number of thioether (sulfide) groups is 1. The van der Waals surface area contributed by atoms with E-state index in [1.807, 2.05) is 78.9 Å². The highest BCUT2D eigenvalue weighted by atomic mass is 32.2. The van der Waals surface area contributed by atoms with Crippen molar-refractivity contribution in [2.75, 3.05) is 12.3 Å². The second-order valence-electron chi connectivity index (χ2n) is 6.34. The Hall–Kier alpha value is -3.23. The minimum absolute atomic E-state index is 0.102. The van der Waals surface area contributed by atoms with Crippen LogP contribution in [0.3, 0.4) is 0 Å². The number of benzene rings is 3. The number of ether oxygens (including phenoxy) is 1. The molecule has 0 atom stereocenters. The molecule has 3 rings (SSSR count). The van der Waals surface area contributed by atoms with Gasteiger partial charge in [0.25, 0.3) is 5.91 Å². The molecular weight excluding hydrogens is 380 g/mol. The molecule has 1 amide bonds. The number of nitrogens with one attached hydrogen (secondary N) is 1. The Kier molecular flexibility index (Phi) is 7.73. The zero-order valence-corrected chi connectivity index (χ0v) is 16.8. The highest BCUT2D eigenvalue weighted by Crippen LogP contribution is 2.16. The number of amides is 1. The normalized spacial score (nSPS) is 10.2. The number of rotatable bonds is 9. The van der Waals surface area contributed by atoms with E-state index in [1.54, 1.807) is 11.8 Å². The molecule has 0 saturated carbocycles. The van der Waals surface area contributed by atoms with Crippen molar-refractivity contribution < 1.29 is 9.53 Å². The number of nitriles is 1. The van der Waals surface area contributed by atoms with E-state index in [0.717, 1.165) is 28.4 Å². The predicted octanol–water partition coefficient (Wildman–Crippen LogP) is 4.80. The molecular formula is C24H22N2O2S. The van der Waals surface area contributed by atoms with Crippen LogP contribution < -0.4 is 10.1 Å². The molecule has 3 aromatic carbocycles. The number of carbonyl (C=O) groups excluding carboxylic acids is 1. The van der Waals surface area contributed by atoms with Gasteiger partial charge in [0.1, 0.15) is 12.4 Å². The molecule has 4 nitrogen and oxygen atoms in total. The molecule has 0 unspecified atom stereocenters. The number of nitrogens with zero attached hydrogens (tertiary/aromatic N) is 1. The van der Waals surface area contributed by atoms with Crippen molar-refractivity contribution >= 4 is 17.7 Å². The first-order valence-corrected chi connectivity index (χ1v) is 10.5. The smallest absolute Gasteiger partial charge is 0.251 e. The molecule has 3 aromatic rings. The van der Waals surface area contributed by atoms with E-state index in [0.29, 0.717) is 24.3 Å². The van der Waals surface area contributed by atoms with E-state index >= 15 is 0 Å². The SMILES string of the molecule is N#Cc1ccccc1CSCCNC(=O)c1ccccc1COc1ccccc1. The Balaban J connectivity index is 1.47. The quantitative estimate of drug-likeness (QED) is 0.522. The second-order valence-corrected chi connectivity index (χ2v) is 7.44. The molecule has 0 saturated heterocycles. The summed E-state index contributed by atoms with van der Waals surface area (Å²) < 4.78 is 5.79. The lowest BCUT2D eigenvalue weighted by Gasteiger charge is -2.11. The maximum absolute atomic E-state index is 12.6. The molecule has 0 fully saturated rings. The Labute approximate surface area is 175 Å². The van der Waals surface area contributed by atoms with Gasteiger partial charge in [-0.2, -0.15) is 17.0 Å². The molecule has 0 aliphatic rings. The molecule has 0 heterocycles. The Bertz CT molecular complexity index is 983. The first-order valence-electron chi connectivity index (χ1n) is 9.37. The van der Waals surface area contributed by atoms with Gasteiger partial charge in [0, 0.05) is 29.2 Å². The van der Waals surface area contributed by atoms with Crippen LogP contribution in [0, 0.1) is 11.3 Å². The number of para-hydroxylation sites is 1. The van der Waals surface area contributed by atoms with Crippen LogP contribution >= 0.6 is 11.8 Å². The van der Waals surface area contributed by atoms with Crippen molar-refractivity contribution in [2.45, 2.75) is 12.4 Å². The molecule has 0 aliphatic heterocycles. The maximum Gasteiger partial charge on any atom is 0.251 e. The Morgan fingerprint density at radius 1 is 0.931 bits per heavy atom. The summed E-state index contributed by atoms with van der Waals surface area (Å²) in [6.07, 6.45) is 0. The van der Waals surface area contributed by atoms with Gasteiger partial charge in [-0.05, 0) is 29.8 Å². The van der Waals surface area contributed by atoms with Gasteiger partial charge in [0.05, 0.1) is 11.6 Å². The molecule has 0 aromatic heterocycles. The number of hydrogen-bond donors (Lipinski definition) is 1. The van der Waals surface area contributed by atoms with Gasteiger partial charge in [-0.1, -0.05) is 54.6 Å². The summed E-state index contributed by atoms with van der Waals surface area (Å²) in [5.74, 6) is 2.20. The molecule has 29 heavy (non-hydrogen) atoms. The van der Waals surface area contributed by atoms with Crippen LogP contribution in [-0.4, -0.2) is 18.2 Å². The van der Waals surface area contributed by atoms with E-state index in [1.165, 1.54) is 0 Å². The lowest BCUT2D eigenvalue weighted by molar-refractivity contribution is 0.0953. The standard InChI is InChI=1S/C24H22N2O2S/c25-16-19-8-4-5-10-21(19)18-29-15-14-26-24(27)23-13-7-6-9-20(23)17-28-22-11-2-1-3-12-22/h1-13H,14-15,17-18H2,(H,26,27). The zero-order chi connectivity index (χ0) is 20.3. The molecule has 146 valence electrons. The van der Waals surface area contributed by atoms with Crippen LogP contribution in [0.2, 0.25) is 0 Å². The fraction of sp³-hybridized carbons (Fsp3) is 0.167. The first-order chi connectivity index (χ1) is 14.3. The topological polar surface area (TPSA) is 62.1 Å². The van der Waals surface area contributed by atoms with Crippen molar-refractivity contribution in [1.29, 1.82) is 5.26 Å². The summed E-state index contributed by atoms with van der Waals surface area (Å²) in [6.45, 7) is 0.902. The lowest BCUT2D eigenvalue weighted by atomic mass is 10.1. The summed E-state index contributed by atoms with van der Waals surface area (Å²) in [7, 11) is 0. The van der Waals surface area contributed by atoms with Crippen LogP contribution in [-0.2, 0) is 12.4 Å². The average molecular weight is 403 g/mol. The molecule has 1 N–H and O–H groups in total. The summed E-state index contributed by atoms with van der Waals surface area (Å²) in [5.41, 5.74) is 3.21. The van der Waals surface area contributed by atoms with Crippen LogP contribution in [0.1, 0.15) is 27.0 Å². The van der Waals surface area contributed by atoms with E-state index in [4.69, 9.17) is 10.00 Å². The zero-order valence-electron chi connectivity index (χ0n) is 16.0. The number of hydrogen-bond acceptors (Lipinski definition) is 4. The van der Waals surface area contributed by atoms with Crippen molar-refractivity contribution in [3.8, 4) is 11.8 Å². The van der Waals surface area contributed by atoms with Crippen molar-refractivity contribution in [1.82, 2.24) is 5.32 Å². The largest absolute Gasteiger partial charge is 0.489 e. The third kappa shape index (κ3) is 6.13. The fourth-order valence-electron chi connectivity index (χ4n) is 2.81. The summed E-state index contributed by atoms with van der Waals surface area (Å²) in [4.78, 5) is 12.6. The van der Waals surface area contributed by atoms with Crippen molar-refractivity contribution in [2.24, 2.45) is 0 Å². The van der Waals surface area contributed by atoms with Gasteiger partial charge >= 0.3 is 0 Å². The highest BCUT2D eigenvalue weighted by molar-refractivity contribution is 7.98. The Morgan fingerprint density at radius 3 is 2.41 bits per heavy atom. The van der Waals surface area contributed by atoms with E-state index in [9.17, 15) is 4.79 Å². The lowest BCUT2D eigenvalue weighted by Crippen LogP contribution is -2.27. The second kappa shape index (κ2) is 10.9. The maximum atomic E-state index is 12.6. The third-order valence-electron chi connectivity index (χ3n) is 4.33. The summed E-state index contributed by atoms with van der Waals surface area (Å²) in [5, 5.41) is 12.1. The van der Waals surface area contributed by atoms with Crippen molar-refractivity contribution in [3.05, 3.63) is 101 Å². The van der Waals surface area contributed by atoms with E-state index < -0.39 is 0 Å². The number of carbonyl (C=O) groups is 1. The van der Waals surface area contributed by atoms with Gasteiger partial charge in [0.15, 0.2) is 0 Å². The van der Waals surface area contributed by atoms with Gasteiger partial charge in [-0.3, -0.25) is 4.79 Å². The predicted molar refractivity (Wildman–Crippen MR) is 117 cm³/mol. The minimum atomic E-state index is -0.102. The summed E-state index contributed by atoms with van der Waals surface area (Å²) >= 11 is 1.69. The molecule has 0 spiro atoms. The van der Waals surface area contributed by atoms with Crippen LogP contribution in [0.25, 0.3) is 0 Å². The minimum Gasteiger partial charge on any atom is -0.489 e. The molecule has 0 radical (unpaired) electrons. The fourth-order valence-corrected chi connectivity index (χ4v) is 3.68. The van der Waals surface area contributed by atoms with Crippen molar-refractivity contribution in [3.63, 3.8) is 0 Å². The van der Waals surface area contributed by atoms with Crippen LogP contribution in [0.4, 0.5) is 0 Å². The first kappa shape index (κ1) is 20.5. The molecule has 0 aliphatic carbocycles. The molecule has 5 heteroatoms. The third-order valence-corrected chi connectivity index (χ3v) is 5.33. The Morgan fingerprint density at radius 2 is 1.62 bits per heavy atom. The summed E-state index contributed by atoms with van der Waals surface area (Å²) in [6, 6.07) is 26.8. The van der Waals surface area contributed by atoms with E-state index in [2.05, 4.69) is 11.4 Å². The van der Waals surface area contributed by atoms with Gasteiger partial charge in [0.2, 0.25) is 0 Å². The van der Waals surface area contributed by atoms with Crippen LogP contribution in [0.5, 0.6) is 5.75 Å². The van der Waals surface area contributed by atoms with Gasteiger partial charge < -0.3 is 10.1 Å². The van der Waals surface area contributed by atoms with Crippen LogP contribution in [0.15, 0.2) is 78.9 Å². The monoisotopic (exact) mass is 402 g/mol. The highest BCUT2D eigenvalue weighted by Gasteiger charge is 2.11. The van der Waals surface area contributed by atoms with Gasteiger partial charge in [-0.15, -0.1) is 0 Å².